The Morgan fingerprint density at radius 3 is 2.95 bits per heavy atom. The molecule has 1 saturated heterocycles. The maximum atomic E-state index is 12.2. The van der Waals surface area contributed by atoms with Gasteiger partial charge in [0.15, 0.2) is 11.5 Å². The maximum Gasteiger partial charge on any atom is 0.251 e. The van der Waals surface area contributed by atoms with Gasteiger partial charge in [0.25, 0.3) is 5.91 Å². The molecule has 1 heterocycles. The van der Waals surface area contributed by atoms with Crippen molar-refractivity contribution in [1.29, 1.82) is 0 Å². The molecule has 0 unspecified atom stereocenters. The highest BCUT2D eigenvalue weighted by molar-refractivity contribution is 7.85. The third-order valence-corrected chi connectivity index (χ3v) is 4.66. The van der Waals surface area contributed by atoms with Gasteiger partial charge in [0.1, 0.15) is 6.61 Å². The van der Waals surface area contributed by atoms with Crippen molar-refractivity contribution in [3.63, 3.8) is 0 Å². The van der Waals surface area contributed by atoms with Crippen LogP contribution in [0.1, 0.15) is 16.8 Å². The summed E-state index contributed by atoms with van der Waals surface area (Å²) in [5.74, 6) is 2.06. The summed E-state index contributed by atoms with van der Waals surface area (Å²) >= 11 is 0. The Kier molecular flexibility index (Phi) is 5.38. The van der Waals surface area contributed by atoms with E-state index in [0.717, 1.165) is 6.42 Å². The van der Waals surface area contributed by atoms with Crippen molar-refractivity contribution in [1.82, 2.24) is 5.32 Å². The van der Waals surface area contributed by atoms with E-state index in [2.05, 4.69) is 11.9 Å². The summed E-state index contributed by atoms with van der Waals surface area (Å²) in [5.41, 5.74) is 0.496. The van der Waals surface area contributed by atoms with Crippen molar-refractivity contribution in [2.45, 2.75) is 12.5 Å². The largest absolute Gasteiger partial charge is 0.493 e. The van der Waals surface area contributed by atoms with Gasteiger partial charge in [-0.1, -0.05) is 12.7 Å². The first-order chi connectivity index (χ1) is 10.1. The van der Waals surface area contributed by atoms with Gasteiger partial charge in [-0.3, -0.25) is 9.00 Å². The van der Waals surface area contributed by atoms with Crippen LogP contribution in [0.5, 0.6) is 11.5 Å². The number of nitrogens with one attached hydrogen (secondary N) is 1. The van der Waals surface area contributed by atoms with Gasteiger partial charge in [0, 0.05) is 33.9 Å². The summed E-state index contributed by atoms with van der Waals surface area (Å²) in [4.78, 5) is 12.2. The Morgan fingerprint density at radius 1 is 1.52 bits per heavy atom. The SMILES string of the molecule is C=CCOc1ccc(C(=O)N[C@H]2CC[S@@](=O)C2)cc1OC. The van der Waals surface area contributed by atoms with Gasteiger partial charge in [-0.25, -0.2) is 0 Å². The van der Waals surface area contributed by atoms with Crippen LogP contribution >= 0.6 is 0 Å². The van der Waals surface area contributed by atoms with Crippen molar-refractivity contribution in [3.05, 3.63) is 36.4 Å². The summed E-state index contributed by atoms with van der Waals surface area (Å²) in [6.45, 7) is 3.96. The lowest BCUT2D eigenvalue weighted by Crippen LogP contribution is -2.35. The fraction of sp³-hybridized carbons (Fsp3) is 0.400. The lowest BCUT2D eigenvalue weighted by Gasteiger charge is -2.13. The topological polar surface area (TPSA) is 64.6 Å². The Hall–Kier alpha value is -1.82. The fourth-order valence-corrected chi connectivity index (χ4v) is 3.54. The quantitative estimate of drug-likeness (QED) is 0.809. The van der Waals surface area contributed by atoms with Gasteiger partial charge >= 0.3 is 0 Å². The molecule has 1 aromatic carbocycles. The molecule has 0 bridgehead atoms. The molecule has 1 N–H and O–H groups in total. The average Bonchev–Trinajstić information content (AvgIpc) is 2.90. The van der Waals surface area contributed by atoms with E-state index in [0.29, 0.717) is 35.2 Å². The molecular weight excluding hydrogens is 290 g/mol. The van der Waals surface area contributed by atoms with Crippen LogP contribution in [0.25, 0.3) is 0 Å². The Bertz CT molecular complexity index is 559. The van der Waals surface area contributed by atoms with E-state index >= 15 is 0 Å². The number of benzene rings is 1. The lowest BCUT2D eigenvalue weighted by atomic mass is 10.1. The molecule has 1 aliphatic rings. The van der Waals surface area contributed by atoms with Crippen LogP contribution in [0, 0.1) is 0 Å². The molecule has 0 spiro atoms. The van der Waals surface area contributed by atoms with Crippen molar-refractivity contribution in [3.8, 4) is 11.5 Å². The second-order valence-corrected chi connectivity index (χ2v) is 6.36. The number of carbonyl (C=O) groups is 1. The molecule has 1 aliphatic heterocycles. The minimum atomic E-state index is -0.808. The van der Waals surface area contributed by atoms with Crippen molar-refractivity contribution in [2.24, 2.45) is 0 Å². The molecule has 1 amide bonds. The molecule has 0 aliphatic carbocycles. The second-order valence-electron chi connectivity index (χ2n) is 4.73. The third kappa shape index (κ3) is 4.07. The molecule has 0 saturated carbocycles. The predicted octanol–water partition coefficient (Wildman–Crippen LogP) is 1.51. The number of carbonyl (C=O) groups excluding carboxylic acids is 1. The smallest absolute Gasteiger partial charge is 0.251 e. The highest BCUT2D eigenvalue weighted by Gasteiger charge is 2.23. The second kappa shape index (κ2) is 7.26. The van der Waals surface area contributed by atoms with Crippen molar-refractivity contribution < 1.29 is 18.5 Å². The number of rotatable bonds is 6. The highest BCUT2D eigenvalue weighted by atomic mass is 32.2. The van der Waals surface area contributed by atoms with Gasteiger partial charge in [0.2, 0.25) is 0 Å². The van der Waals surface area contributed by atoms with E-state index in [1.165, 1.54) is 7.11 Å². The van der Waals surface area contributed by atoms with Crippen LogP contribution in [-0.2, 0) is 10.8 Å². The average molecular weight is 309 g/mol. The van der Waals surface area contributed by atoms with E-state index in [1.54, 1.807) is 24.3 Å². The number of hydrogen-bond donors (Lipinski definition) is 1. The molecule has 1 aromatic rings. The standard InChI is InChI=1S/C15H19NO4S/c1-3-7-20-13-5-4-11(9-14(13)19-2)15(17)16-12-6-8-21(18)10-12/h3-5,9,12H,1,6-8,10H2,2H3,(H,16,17)/t12-,21+/m0/s1. The van der Waals surface area contributed by atoms with Crippen LogP contribution in [0.3, 0.4) is 0 Å². The molecule has 114 valence electrons. The number of hydrogen-bond acceptors (Lipinski definition) is 4. The molecule has 1 fully saturated rings. The monoisotopic (exact) mass is 309 g/mol. The first-order valence-electron chi connectivity index (χ1n) is 6.71. The van der Waals surface area contributed by atoms with Gasteiger partial charge in [-0.15, -0.1) is 0 Å². The number of amides is 1. The number of ether oxygens (including phenoxy) is 2. The zero-order chi connectivity index (χ0) is 15.2. The van der Waals surface area contributed by atoms with Crippen molar-refractivity contribution in [2.75, 3.05) is 25.2 Å². The summed E-state index contributed by atoms with van der Waals surface area (Å²) < 4.78 is 22.0. The summed E-state index contributed by atoms with van der Waals surface area (Å²) in [6, 6.07) is 5.01. The predicted molar refractivity (Wildman–Crippen MR) is 82.4 cm³/mol. The van der Waals surface area contributed by atoms with Crippen LogP contribution in [0.15, 0.2) is 30.9 Å². The lowest BCUT2D eigenvalue weighted by molar-refractivity contribution is 0.0940. The Balaban J connectivity index is 2.06. The van der Waals surface area contributed by atoms with E-state index < -0.39 is 10.8 Å². The van der Waals surface area contributed by atoms with Gasteiger partial charge in [0.05, 0.1) is 7.11 Å². The normalized spacial score (nSPS) is 20.8. The zero-order valence-corrected chi connectivity index (χ0v) is 12.8. The van der Waals surface area contributed by atoms with E-state index in [-0.39, 0.29) is 11.9 Å². The molecule has 2 atom stereocenters. The summed E-state index contributed by atoms with van der Waals surface area (Å²) in [5, 5.41) is 2.89. The first kappa shape index (κ1) is 15.6. The van der Waals surface area contributed by atoms with Gasteiger partial charge in [-0.2, -0.15) is 0 Å². The Morgan fingerprint density at radius 2 is 2.33 bits per heavy atom. The Labute approximate surface area is 126 Å². The third-order valence-electron chi connectivity index (χ3n) is 3.20. The van der Waals surface area contributed by atoms with E-state index in [4.69, 9.17) is 9.47 Å². The van der Waals surface area contributed by atoms with Crippen LogP contribution in [-0.4, -0.2) is 41.4 Å². The summed E-state index contributed by atoms with van der Waals surface area (Å²) in [7, 11) is 0.718. The summed E-state index contributed by atoms with van der Waals surface area (Å²) in [6.07, 6.45) is 2.40. The fourth-order valence-electron chi connectivity index (χ4n) is 2.12. The molecule has 0 radical (unpaired) electrons. The van der Waals surface area contributed by atoms with Crippen LogP contribution in [0.4, 0.5) is 0 Å². The van der Waals surface area contributed by atoms with Crippen molar-refractivity contribution >= 4 is 16.7 Å². The van der Waals surface area contributed by atoms with Gasteiger partial charge < -0.3 is 14.8 Å². The molecule has 0 aromatic heterocycles. The molecule has 2 rings (SSSR count). The van der Waals surface area contributed by atoms with E-state index in [9.17, 15) is 9.00 Å². The minimum Gasteiger partial charge on any atom is -0.493 e. The number of methoxy groups -OCH3 is 1. The maximum absolute atomic E-state index is 12.2. The molecular formula is C15H19NO4S. The molecule has 5 nitrogen and oxygen atoms in total. The zero-order valence-electron chi connectivity index (χ0n) is 12.0. The molecule has 6 heteroatoms. The first-order valence-corrected chi connectivity index (χ1v) is 8.20. The van der Waals surface area contributed by atoms with Crippen LogP contribution < -0.4 is 14.8 Å². The van der Waals surface area contributed by atoms with Gasteiger partial charge in [-0.05, 0) is 24.6 Å². The van der Waals surface area contributed by atoms with Crippen LogP contribution in [0.2, 0.25) is 0 Å². The van der Waals surface area contributed by atoms with E-state index in [1.807, 2.05) is 0 Å². The molecule has 21 heavy (non-hydrogen) atoms. The highest BCUT2D eigenvalue weighted by Crippen LogP contribution is 2.28. The minimum absolute atomic E-state index is 0.0129.